The lowest BCUT2D eigenvalue weighted by molar-refractivity contribution is 0.108. The molecule has 19 heavy (non-hydrogen) atoms. The van der Waals surface area contributed by atoms with Crippen molar-refractivity contribution in [2.75, 3.05) is 0 Å². The molecule has 1 aromatic heterocycles. The summed E-state index contributed by atoms with van der Waals surface area (Å²) in [5, 5.41) is 10.9. The smallest absolute Gasteiger partial charge is 0.226 e. The third-order valence-corrected chi connectivity index (χ3v) is 4.48. The fraction of sp³-hybridized carbons (Fsp3) is 0.0714. The quantitative estimate of drug-likeness (QED) is 0.669. The van der Waals surface area contributed by atoms with Gasteiger partial charge in [0.25, 0.3) is 0 Å². The molecule has 0 aliphatic heterocycles. The second-order valence-corrected chi connectivity index (χ2v) is 6.44. The molecule has 0 unspecified atom stereocenters. The number of carbonyl (C=O) groups excluding carboxylic acids is 1. The van der Waals surface area contributed by atoms with Gasteiger partial charge in [-0.3, -0.25) is 4.79 Å². The van der Waals surface area contributed by atoms with Crippen LogP contribution in [0.25, 0.3) is 10.8 Å². The van der Waals surface area contributed by atoms with Gasteiger partial charge in [0.2, 0.25) is 5.12 Å². The first-order valence-corrected chi connectivity index (χ1v) is 7.37. The van der Waals surface area contributed by atoms with Crippen molar-refractivity contribution in [1.82, 2.24) is 10.2 Å². The van der Waals surface area contributed by atoms with E-state index in [9.17, 15) is 4.79 Å². The highest BCUT2D eigenvalue weighted by Gasteiger charge is 2.11. The van der Waals surface area contributed by atoms with E-state index < -0.39 is 0 Å². The Morgan fingerprint density at radius 3 is 2.63 bits per heavy atom. The number of thioether (sulfide) groups is 1. The van der Waals surface area contributed by atoms with E-state index in [1.54, 1.807) is 0 Å². The molecule has 3 nitrogen and oxygen atoms in total. The van der Waals surface area contributed by atoms with Gasteiger partial charge in [0.05, 0.1) is 0 Å². The standard InChI is InChI=1S/C14H10N2OS2/c1-9-15-16-14(18-9)19-13(17)12-7-6-10-4-2-3-5-11(10)8-12/h2-8H,1H3. The Bertz CT molecular complexity index is 752. The number of aryl methyl sites for hydroxylation is 1. The van der Waals surface area contributed by atoms with Gasteiger partial charge < -0.3 is 0 Å². The molecular formula is C14H10N2OS2. The Morgan fingerprint density at radius 1 is 1.11 bits per heavy atom. The van der Waals surface area contributed by atoms with Gasteiger partial charge in [-0.25, -0.2) is 0 Å². The second kappa shape index (κ2) is 5.11. The molecule has 3 rings (SSSR count). The average Bonchev–Trinajstić information content (AvgIpc) is 2.83. The molecule has 0 saturated heterocycles. The molecule has 0 radical (unpaired) electrons. The van der Waals surface area contributed by atoms with Crippen LogP contribution in [0.1, 0.15) is 15.4 Å². The number of fused-ring (bicyclic) bond motifs is 1. The monoisotopic (exact) mass is 286 g/mol. The summed E-state index contributed by atoms with van der Waals surface area (Å²) in [6, 6.07) is 13.7. The Hall–Kier alpha value is -1.72. The Balaban J connectivity index is 1.89. The Kier molecular flexibility index (Phi) is 3.31. The van der Waals surface area contributed by atoms with Gasteiger partial charge in [0, 0.05) is 5.56 Å². The highest BCUT2D eigenvalue weighted by atomic mass is 32.2. The molecule has 0 aliphatic rings. The number of aromatic nitrogens is 2. The van der Waals surface area contributed by atoms with Crippen molar-refractivity contribution in [3.63, 3.8) is 0 Å². The average molecular weight is 286 g/mol. The minimum atomic E-state index is 0.00176. The minimum Gasteiger partial charge on any atom is -0.281 e. The van der Waals surface area contributed by atoms with Crippen LogP contribution in [0.2, 0.25) is 0 Å². The van der Waals surface area contributed by atoms with Crippen LogP contribution < -0.4 is 0 Å². The van der Waals surface area contributed by atoms with E-state index in [0.29, 0.717) is 9.90 Å². The highest BCUT2D eigenvalue weighted by molar-refractivity contribution is 8.15. The summed E-state index contributed by atoms with van der Waals surface area (Å²) in [6.45, 7) is 1.88. The summed E-state index contributed by atoms with van der Waals surface area (Å²) in [6.07, 6.45) is 0. The zero-order valence-electron chi connectivity index (χ0n) is 10.2. The summed E-state index contributed by atoms with van der Waals surface area (Å²) in [4.78, 5) is 12.2. The first-order valence-electron chi connectivity index (χ1n) is 5.73. The molecule has 0 spiro atoms. The number of hydrogen-bond acceptors (Lipinski definition) is 5. The van der Waals surface area contributed by atoms with Gasteiger partial charge in [-0.2, -0.15) is 0 Å². The van der Waals surface area contributed by atoms with Crippen molar-refractivity contribution in [3.8, 4) is 0 Å². The van der Waals surface area contributed by atoms with E-state index in [1.165, 1.54) is 11.3 Å². The van der Waals surface area contributed by atoms with Crippen LogP contribution in [0.4, 0.5) is 0 Å². The molecule has 0 atom stereocenters. The van der Waals surface area contributed by atoms with Crippen LogP contribution in [-0.4, -0.2) is 15.3 Å². The van der Waals surface area contributed by atoms with Crippen molar-refractivity contribution < 1.29 is 4.79 Å². The lowest BCUT2D eigenvalue weighted by Crippen LogP contribution is -1.92. The lowest BCUT2D eigenvalue weighted by Gasteiger charge is -2.01. The second-order valence-electron chi connectivity index (χ2n) is 4.04. The first-order chi connectivity index (χ1) is 9.22. The van der Waals surface area contributed by atoms with Crippen LogP contribution in [0.5, 0.6) is 0 Å². The molecule has 0 amide bonds. The molecular weight excluding hydrogens is 276 g/mol. The van der Waals surface area contributed by atoms with E-state index in [-0.39, 0.29) is 5.12 Å². The molecule has 1 heterocycles. The zero-order chi connectivity index (χ0) is 13.2. The topological polar surface area (TPSA) is 42.9 Å². The fourth-order valence-corrected chi connectivity index (χ4v) is 3.43. The van der Waals surface area contributed by atoms with Crippen molar-refractivity contribution in [2.45, 2.75) is 11.3 Å². The molecule has 0 N–H and O–H groups in total. The third-order valence-electron chi connectivity index (χ3n) is 2.67. The molecule has 94 valence electrons. The minimum absolute atomic E-state index is 0.00176. The number of nitrogens with zero attached hydrogens (tertiary/aromatic N) is 2. The van der Waals surface area contributed by atoms with Gasteiger partial charge in [-0.05, 0) is 41.6 Å². The maximum Gasteiger partial charge on any atom is 0.226 e. The maximum absolute atomic E-state index is 12.2. The summed E-state index contributed by atoms with van der Waals surface area (Å²) in [7, 11) is 0. The third kappa shape index (κ3) is 2.67. The van der Waals surface area contributed by atoms with Gasteiger partial charge >= 0.3 is 0 Å². The Morgan fingerprint density at radius 2 is 1.89 bits per heavy atom. The summed E-state index contributed by atoms with van der Waals surface area (Å²) in [5.74, 6) is 0. The molecule has 0 fully saturated rings. The van der Waals surface area contributed by atoms with Gasteiger partial charge in [-0.1, -0.05) is 41.7 Å². The molecule has 0 bridgehead atoms. The summed E-state index contributed by atoms with van der Waals surface area (Å²) in [5.41, 5.74) is 0.691. The molecule has 2 aromatic carbocycles. The lowest BCUT2D eigenvalue weighted by atomic mass is 10.1. The molecule has 0 saturated carbocycles. The maximum atomic E-state index is 12.2. The fourth-order valence-electron chi connectivity index (χ4n) is 1.77. The SMILES string of the molecule is Cc1nnc(SC(=O)c2ccc3ccccc3c2)s1. The van der Waals surface area contributed by atoms with Crippen molar-refractivity contribution in [3.05, 3.63) is 53.0 Å². The van der Waals surface area contributed by atoms with Crippen molar-refractivity contribution in [1.29, 1.82) is 0 Å². The highest BCUT2D eigenvalue weighted by Crippen LogP contribution is 2.27. The Labute approximate surface area is 118 Å². The van der Waals surface area contributed by atoms with Crippen LogP contribution >= 0.6 is 23.1 Å². The van der Waals surface area contributed by atoms with Crippen LogP contribution in [0.15, 0.2) is 46.8 Å². The van der Waals surface area contributed by atoms with Crippen LogP contribution in [0, 0.1) is 6.92 Å². The molecule has 0 aliphatic carbocycles. The van der Waals surface area contributed by atoms with Gasteiger partial charge in [0.15, 0.2) is 4.34 Å². The normalized spacial score (nSPS) is 10.8. The number of hydrogen-bond donors (Lipinski definition) is 0. The van der Waals surface area contributed by atoms with Crippen LogP contribution in [-0.2, 0) is 0 Å². The van der Waals surface area contributed by atoms with E-state index >= 15 is 0 Å². The molecule has 5 heteroatoms. The van der Waals surface area contributed by atoms with E-state index in [1.807, 2.05) is 49.4 Å². The van der Waals surface area contributed by atoms with E-state index in [2.05, 4.69) is 10.2 Å². The largest absolute Gasteiger partial charge is 0.281 e. The van der Waals surface area contributed by atoms with Crippen molar-refractivity contribution >= 4 is 39.0 Å². The summed E-state index contributed by atoms with van der Waals surface area (Å²) >= 11 is 2.57. The van der Waals surface area contributed by atoms with Gasteiger partial charge in [-0.15, -0.1) is 10.2 Å². The van der Waals surface area contributed by atoms with E-state index in [4.69, 9.17) is 0 Å². The van der Waals surface area contributed by atoms with Crippen LogP contribution in [0.3, 0.4) is 0 Å². The summed E-state index contributed by atoms with van der Waals surface area (Å²) < 4.78 is 0.690. The van der Waals surface area contributed by atoms with Gasteiger partial charge in [0.1, 0.15) is 5.01 Å². The number of benzene rings is 2. The van der Waals surface area contributed by atoms with E-state index in [0.717, 1.165) is 27.5 Å². The number of carbonyl (C=O) groups is 1. The predicted octanol–water partition coefficient (Wildman–Crippen LogP) is 3.93. The van der Waals surface area contributed by atoms with Crippen molar-refractivity contribution in [2.24, 2.45) is 0 Å². The first kappa shape index (κ1) is 12.3. The molecule has 3 aromatic rings. The predicted molar refractivity (Wildman–Crippen MR) is 78.8 cm³/mol. The zero-order valence-corrected chi connectivity index (χ0v) is 11.8. The number of rotatable bonds is 2.